The lowest BCUT2D eigenvalue weighted by atomic mass is 9.98. The lowest BCUT2D eigenvalue weighted by Crippen LogP contribution is -2.39. The maximum atomic E-state index is 12.6. The molecule has 0 saturated carbocycles. The Hall–Kier alpha value is -2.02. The number of likely N-dealkylation sites (tertiary alicyclic amines) is 1. The Morgan fingerprint density at radius 2 is 2.30 bits per heavy atom. The number of ether oxygens (including phenoxy) is 1. The van der Waals surface area contributed by atoms with E-state index in [0.29, 0.717) is 24.0 Å². The number of amides is 1. The first-order chi connectivity index (χ1) is 11.2. The van der Waals surface area contributed by atoms with Gasteiger partial charge in [-0.15, -0.1) is 21.5 Å². The molecule has 122 valence electrons. The molecule has 2 aromatic rings. The normalized spacial score (nSPS) is 18.0. The quantitative estimate of drug-likeness (QED) is 0.860. The third-order valence-electron chi connectivity index (χ3n) is 4.06. The Morgan fingerprint density at radius 1 is 1.43 bits per heavy atom. The molecule has 3 heterocycles. The summed E-state index contributed by atoms with van der Waals surface area (Å²) in [6, 6.07) is 3.33. The number of aryl methyl sites for hydroxylation is 1. The van der Waals surface area contributed by atoms with Gasteiger partial charge < -0.3 is 9.64 Å². The van der Waals surface area contributed by atoms with Gasteiger partial charge in [-0.3, -0.25) is 4.79 Å². The van der Waals surface area contributed by atoms with Crippen LogP contribution in [0.25, 0.3) is 0 Å². The van der Waals surface area contributed by atoms with E-state index in [0.717, 1.165) is 36.5 Å². The van der Waals surface area contributed by atoms with Crippen molar-refractivity contribution in [2.75, 3.05) is 20.2 Å². The predicted molar refractivity (Wildman–Crippen MR) is 88.0 cm³/mol. The smallest absolute Gasteiger partial charge is 0.274 e. The van der Waals surface area contributed by atoms with Gasteiger partial charge in [0, 0.05) is 30.5 Å². The summed E-state index contributed by atoms with van der Waals surface area (Å²) in [5.41, 5.74) is 1.49. The lowest BCUT2D eigenvalue weighted by molar-refractivity contribution is 0.0699. The van der Waals surface area contributed by atoms with Crippen LogP contribution in [0, 0.1) is 0 Å². The maximum Gasteiger partial charge on any atom is 0.274 e. The van der Waals surface area contributed by atoms with Crippen molar-refractivity contribution in [1.82, 2.24) is 20.1 Å². The van der Waals surface area contributed by atoms with E-state index in [1.165, 1.54) is 7.11 Å². The van der Waals surface area contributed by atoms with Gasteiger partial charge in [-0.05, 0) is 25.3 Å². The first-order valence-corrected chi connectivity index (χ1v) is 8.70. The summed E-state index contributed by atoms with van der Waals surface area (Å²) in [6.07, 6.45) is 3.02. The Morgan fingerprint density at radius 3 is 2.96 bits per heavy atom. The second kappa shape index (κ2) is 7.04. The fourth-order valence-corrected chi connectivity index (χ4v) is 3.77. The van der Waals surface area contributed by atoms with Crippen LogP contribution in [-0.2, 0) is 6.42 Å². The molecule has 6 nitrogen and oxygen atoms in total. The van der Waals surface area contributed by atoms with Crippen LogP contribution in [0.1, 0.15) is 46.9 Å². The van der Waals surface area contributed by atoms with Crippen molar-refractivity contribution >= 4 is 17.2 Å². The topological polar surface area (TPSA) is 68.2 Å². The highest BCUT2D eigenvalue weighted by molar-refractivity contribution is 7.09. The number of methoxy groups -OCH3 is 1. The molecule has 1 amide bonds. The zero-order chi connectivity index (χ0) is 16.2. The van der Waals surface area contributed by atoms with Crippen molar-refractivity contribution in [2.45, 2.75) is 32.1 Å². The van der Waals surface area contributed by atoms with Crippen molar-refractivity contribution in [1.29, 1.82) is 0 Å². The zero-order valence-electron chi connectivity index (χ0n) is 13.4. The van der Waals surface area contributed by atoms with Gasteiger partial charge in [-0.25, -0.2) is 4.98 Å². The molecule has 0 aromatic carbocycles. The minimum Gasteiger partial charge on any atom is -0.480 e. The zero-order valence-corrected chi connectivity index (χ0v) is 14.2. The molecular weight excluding hydrogens is 312 g/mol. The standard InChI is InChI=1S/C16H20N4O2S/c1-3-12-10-23-15(17-12)11-5-4-8-20(9-11)16(21)13-6-7-14(22-2)19-18-13/h6-7,10-11H,3-5,8-9H2,1-2H3/t11-/m1/s1. The summed E-state index contributed by atoms with van der Waals surface area (Å²) >= 11 is 1.70. The lowest BCUT2D eigenvalue weighted by Gasteiger charge is -2.31. The second-order valence-corrected chi connectivity index (χ2v) is 6.47. The molecule has 1 aliphatic rings. The van der Waals surface area contributed by atoms with E-state index in [2.05, 4.69) is 27.5 Å². The van der Waals surface area contributed by atoms with E-state index in [1.807, 2.05) is 4.90 Å². The minimum atomic E-state index is -0.0721. The fourth-order valence-electron chi connectivity index (χ4n) is 2.74. The molecule has 0 radical (unpaired) electrons. The molecule has 1 saturated heterocycles. The molecule has 0 spiro atoms. The molecular formula is C16H20N4O2S. The summed E-state index contributed by atoms with van der Waals surface area (Å²) in [5, 5.41) is 11.1. The average molecular weight is 332 g/mol. The van der Waals surface area contributed by atoms with Crippen LogP contribution in [0.15, 0.2) is 17.5 Å². The number of carbonyl (C=O) groups excluding carboxylic acids is 1. The highest BCUT2D eigenvalue weighted by Crippen LogP contribution is 2.30. The number of aromatic nitrogens is 3. The van der Waals surface area contributed by atoms with Crippen molar-refractivity contribution < 1.29 is 9.53 Å². The third-order valence-corrected chi connectivity index (χ3v) is 5.11. The number of carbonyl (C=O) groups is 1. The summed E-state index contributed by atoms with van der Waals surface area (Å²) < 4.78 is 4.98. The third kappa shape index (κ3) is 3.50. The fraction of sp³-hybridized carbons (Fsp3) is 0.500. The molecule has 1 aliphatic heterocycles. The van der Waals surface area contributed by atoms with E-state index in [-0.39, 0.29) is 5.91 Å². The molecule has 0 bridgehead atoms. The summed E-state index contributed by atoms with van der Waals surface area (Å²) in [7, 11) is 1.53. The molecule has 3 rings (SSSR count). The summed E-state index contributed by atoms with van der Waals surface area (Å²) in [5.74, 6) is 0.661. The maximum absolute atomic E-state index is 12.6. The molecule has 2 aromatic heterocycles. The van der Waals surface area contributed by atoms with Crippen molar-refractivity contribution in [3.05, 3.63) is 33.9 Å². The Balaban J connectivity index is 1.70. The van der Waals surface area contributed by atoms with Crippen molar-refractivity contribution in [2.24, 2.45) is 0 Å². The summed E-state index contributed by atoms with van der Waals surface area (Å²) in [4.78, 5) is 19.1. The van der Waals surface area contributed by atoms with E-state index in [9.17, 15) is 4.79 Å². The second-order valence-electron chi connectivity index (χ2n) is 5.58. The first-order valence-electron chi connectivity index (χ1n) is 7.82. The monoisotopic (exact) mass is 332 g/mol. The van der Waals surface area contributed by atoms with Gasteiger partial charge in [0.05, 0.1) is 17.8 Å². The Labute approximate surface area is 139 Å². The number of rotatable bonds is 4. The molecule has 0 aliphatic carbocycles. The van der Waals surface area contributed by atoms with Crippen LogP contribution < -0.4 is 4.74 Å². The number of thiazole rings is 1. The summed E-state index contributed by atoms with van der Waals surface area (Å²) in [6.45, 7) is 3.57. The highest BCUT2D eigenvalue weighted by Gasteiger charge is 2.28. The van der Waals surface area contributed by atoms with Crippen LogP contribution >= 0.6 is 11.3 Å². The SMILES string of the molecule is CCc1csc([C@@H]2CCCN(C(=O)c3ccc(OC)nn3)C2)n1. The first kappa shape index (κ1) is 15.9. The van der Waals surface area contributed by atoms with Gasteiger partial charge in [0.25, 0.3) is 5.91 Å². The van der Waals surface area contributed by atoms with Gasteiger partial charge >= 0.3 is 0 Å². The molecule has 1 fully saturated rings. The van der Waals surface area contributed by atoms with E-state index in [1.54, 1.807) is 23.5 Å². The molecule has 1 atom stereocenters. The molecule has 7 heteroatoms. The Bertz CT molecular complexity index is 671. The van der Waals surface area contributed by atoms with Crippen LogP contribution in [-0.4, -0.2) is 46.2 Å². The van der Waals surface area contributed by atoms with Gasteiger partial charge in [-0.2, -0.15) is 0 Å². The average Bonchev–Trinajstić information content (AvgIpc) is 3.10. The van der Waals surface area contributed by atoms with Crippen LogP contribution in [0.4, 0.5) is 0 Å². The highest BCUT2D eigenvalue weighted by atomic mass is 32.1. The molecule has 0 N–H and O–H groups in total. The van der Waals surface area contributed by atoms with Gasteiger partial charge in [0.1, 0.15) is 0 Å². The van der Waals surface area contributed by atoms with Gasteiger partial charge in [0.15, 0.2) is 5.69 Å². The van der Waals surface area contributed by atoms with Gasteiger partial charge in [-0.1, -0.05) is 6.92 Å². The number of hydrogen-bond donors (Lipinski definition) is 0. The van der Waals surface area contributed by atoms with E-state index in [4.69, 9.17) is 4.74 Å². The van der Waals surface area contributed by atoms with Crippen molar-refractivity contribution in [3.63, 3.8) is 0 Å². The molecule has 23 heavy (non-hydrogen) atoms. The minimum absolute atomic E-state index is 0.0721. The van der Waals surface area contributed by atoms with Gasteiger partial charge in [0.2, 0.25) is 5.88 Å². The Kier molecular flexibility index (Phi) is 4.85. The largest absolute Gasteiger partial charge is 0.480 e. The van der Waals surface area contributed by atoms with E-state index >= 15 is 0 Å². The number of hydrogen-bond acceptors (Lipinski definition) is 6. The van der Waals surface area contributed by atoms with E-state index < -0.39 is 0 Å². The number of piperidine rings is 1. The number of nitrogens with zero attached hydrogens (tertiary/aromatic N) is 4. The van der Waals surface area contributed by atoms with Crippen LogP contribution in [0.5, 0.6) is 5.88 Å². The van der Waals surface area contributed by atoms with Crippen LogP contribution in [0.2, 0.25) is 0 Å². The van der Waals surface area contributed by atoms with Crippen molar-refractivity contribution in [3.8, 4) is 5.88 Å². The van der Waals surface area contributed by atoms with Crippen LogP contribution in [0.3, 0.4) is 0 Å². The predicted octanol–water partition coefficient (Wildman–Crippen LogP) is 2.52. The molecule has 0 unspecified atom stereocenters.